The van der Waals surface area contributed by atoms with Gasteiger partial charge in [-0.05, 0) is 57.4 Å². The second kappa shape index (κ2) is 6.24. The lowest BCUT2D eigenvalue weighted by Gasteiger charge is -2.38. The van der Waals surface area contributed by atoms with Gasteiger partial charge in [0.1, 0.15) is 11.6 Å². The first-order valence-electron chi connectivity index (χ1n) is 7.69. The Balaban J connectivity index is 1.57. The molecule has 1 aromatic carbocycles. The van der Waals surface area contributed by atoms with E-state index in [0.717, 1.165) is 18.5 Å². The Morgan fingerprint density at radius 2 is 1.96 bits per heavy atom. The molecule has 1 saturated carbocycles. The van der Waals surface area contributed by atoms with Gasteiger partial charge in [-0.1, -0.05) is 0 Å². The number of hydrogen-bond acceptors (Lipinski definition) is 4. The molecule has 1 heterocycles. The van der Waals surface area contributed by atoms with Gasteiger partial charge in [0.15, 0.2) is 0 Å². The van der Waals surface area contributed by atoms with Crippen LogP contribution in [0.3, 0.4) is 0 Å². The van der Waals surface area contributed by atoms with Gasteiger partial charge in [0.25, 0.3) is 0 Å². The van der Waals surface area contributed by atoms with Gasteiger partial charge >= 0.3 is 6.03 Å². The summed E-state index contributed by atoms with van der Waals surface area (Å²) >= 11 is 0. The van der Waals surface area contributed by atoms with E-state index in [1.165, 1.54) is 6.42 Å². The van der Waals surface area contributed by atoms with Crippen molar-refractivity contribution in [2.45, 2.75) is 38.6 Å². The van der Waals surface area contributed by atoms with Gasteiger partial charge in [0, 0.05) is 23.5 Å². The van der Waals surface area contributed by atoms with Gasteiger partial charge in [0.2, 0.25) is 5.88 Å². The molecule has 6 heteroatoms. The number of carbonyl (C=O) groups is 1. The summed E-state index contributed by atoms with van der Waals surface area (Å²) in [6, 6.07) is 8.70. The molecule has 23 heavy (non-hydrogen) atoms. The van der Waals surface area contributed by atoms with Gasteiger partial charge in [-0.2, -0.15) is 4.98 Å². The molecule has 2 amide bonds. The van der Waals surface area contributed by atoms with Crippen molar-refractivity contribution in [1.29, 1.82) is 0 Å². The Bertz CT molecular complexity index is 696. The van der Waals surface area contributed by atoms with Crippen LogP contribution in [0.1, 0.15) is 32.0 Å². The lowest BCUT2D eigenvalue weighted by atomic mass is 9.79. The first-order valence-corrected chi connectivity index (χ1v) is 7.69. The number of benzene rings is 1. The van der Waals surface area contributed by atoms with E-state index >= 15 is 0 Å². The van der Waals surface area contributed by atoms with Crippen molar-refractivity contribution < 1.29 is 9.53 Å². The average Bonchev–Trinajstić information content (AvgIpc) is 2.48. The quantitative estimate of drug-likeness (QED) is 0.903. The summed E-state index contributed by atoms with van der Waals surface area (Å²) < 4.78 is 5.65. The molecule has 3 rings (SSSR count). The average molecular weight is 312 g/mol. The van der Waals surface area contributed by atoms with Crippen LogP contribution in [0.4, 0.5) is 10.5 Å². The second-order valence-electron chi connectivity index (χ2n) is 6.06. The zero-order chi connectivity index (χ0) is 16.3. The van der Waals surface area contributed by atoms with Crippen molar-refractivity contribution in [3.63, 3.8) is 0 Å². The highest BCUT2D eigenvalue weighted by atomic mass is 16.5. The van der Waals surface area contributed by atoms with Crippen molar-refractivity contribution in [3.8, 4) is 11.6 Å². The molecule has 0 aliphatic heterocycles. The Morgan fingerprint density at radius 1 is 1.22 bits per heavy atom. The fourth-order valence-corrected chi connectivity index (χ4v) is 2.49. The molecule has 0 unspecified atom stereocenters. The highest BCUT2D eigenvalue weighted by Crippen LogP contribution is 2.31. The van der Waals surface area contributed by atoms with Crippen LogP contribution in [-0.2, 0) is 0 Å². The van der Waals surface area contributed by atoms with Gasteiger partial charge < -0.3 is 15.4 Å². The molecule has 0 atom stereocenters. The van der Waals surface area contributed by atoms with Crippen LogP contribution in [0.15, 0.2) is 36.5 Å². The number of ether oxygens (including phenoxy) is 1. The monoisotopic (exact) mass is 312 g/mol. The molecule has 120 valence electrons. The number of aryl methyl sites for hydroxylation is 1. The zero-order valence-electron chi connectivity index (χ0n) is 13.3. The predicted octanol–water partition coefficient (Wildman–Crippen LogP) is 3.64. The second-order valence-corrected chi connectivity index (χ2v) is 6.06. The molecule has 1 fully saturated rings. The molecule has 1 aliphatic rings. The fraction of sp³-hybridized carbons (Fsp3) is 0.353. The number of rotatable bonds is 4. The summed E-state index contributed by atoms with van der Waals surface area (Å²) in [6.45, 7) is 3.87. The predicted molar refractivity (Wildman–Crippen MR) is 87.7 cm³/mol. The standard InChI is InChI=1S/C17H20N4O2/c1-12-18-11-8-15(19-12)23-14-6-4-13(5-7-14)20-16(22)21-17(2)9-3-10-17/h4-8,11H,3,9-10H2,1-2H3,(H2,20,21,22). The summed E-state index contributed by atoms with van der Waals surface area (Å²) in [4.78, 5) is 20.2. The van der Waals surface area contributed by atoms with Crippen molar-refractivity contribution in [1.82, 2.24) is 15.3 Å². The molecule has 1 aliphatic carbocycles. The summed E-state index contributed by atoms with van der Waals surface area (Å²) in [5.41, 5.74) is 0.662. The topological polar surface area (TPSA) is 76.1 Å². The van der Waals surface area contributed by atoms with Crippen molar-refractivity contribution >= 4 is 11.7 Å². The maximum atomic E-state index is 12.0. The SMILES string of the molecule is Cc1nccc(Oc2ccc(NC(=O)NC3(C)CCC3)cc2)n1. The minimum Gasteiger partial charge on any atom is -0.439 e. The van der Waals surface area contributed by atoms with Crippen LogP contribution in [-0.4, -0.2) is 21.5 Å². The summed E-state index contributed by atoms with van der Waals surface area (Å²) in [5.74, 6) is 1.80. The molecule has 2 N–H and O–H groups in total. The van der Waals surface area contributed by atoms with Crippen LogP contribution >= 0.6 is 0 Å². The van der Waals surface area contributed by atoms with E-state index in [-0.39, 0.29) is 11.6 Å². The maximum absolute atomic E-state index is 12.0. The van der Waals surface area contributed by atoms with Crippen LogP contribution in [0.5, 0.6) is 11.6 Å². The van der Waals surface area contributed by atoms with Crippen LogP contribution < -0.4 is 15.4 Å². The number of carbonyl (C=O) groups excluding carboxylic acids is 1. The Hall–Kier alpha value is -2.63. The normalized spacial score (nSPS) is 15.4. The molecule has 1 aromatic heterocycles. The number of urea groups is 1. The Kier molecular flexibility index (Phi) is 4.14. The molecule has 0 saturated heterocycles. The first kappa shape index (κ1) is 15.3. The largest absolute Gasteiger partial charge is 0.439 e. The third-order valence-corrected chi connectivity index (χ3v) is 3.96. The molecule has 0 spiro atoms. The maximum Gasteiger partial charge on any atom is 0.319 e. The van der Waals surface area contributed by atoms with Crippen molar-refractivity contribution in [3.05, 3.63) is 42.4 Å². The molecule has 0 bridgehead atoms. The van der Waals surface area contributed by atoms with Gasteiger partial charge in [0.05, 0.1) is 0 Å². The summed E-state index contributed by atoms with van der Waals surface area (Å²) in [6.07, 6.45) is 4.89. The molecule has 0 radical (unpaired) electrons. The zero-order valence-corrected chi connectivity index (χ0v) is 13.3. The number of aromatic nitrogens is 2. The smallest absolute Gasteiger partial charge is 0.319 e. The highest BCUT2D eigenvalue weighted by molar-refractivity contribution is 5.89. The van der Waals surface area contributed by atoms with Gasteiger partial charge in [-0.15, -0.1) is 0 Å². The van der Waals surface area contributed by atoms with Crippen molar-refractivity contribution in [2.24, 2.45) is 0 Å². The number of amides is 2. The fourth-order valence-electron chi connectivity index (χ4n) is 2.49. The third kappa shape index (κ3) is 3.97. The molecular weight excluding hydrogens is 292 g/mol. The lowest BCUT2D eigenvalue weighted by Crippen LogP contribution is -2.52. The van der Waals surface area contributed by atoms with Crippen molar-refractivity contribution in [2.75, 3.05) is 5.32 Å². The van der Waals surface area contributed by atoms with E-state index in [1.807, 2.05) is 0 Å². The summed E-state index contributed by atoms with van der Waals surface area (Å²) in [5, 5.41) is 5.84. The third-order valence-electron chi connectivity index (χ3n) is 3.96. The van der Waals surface area contributed by atoms with E-state index in [0.29, 0.717) is 17.5 Å². The Labute approximate surface area is 135 Å². The minimum atomic E-state index is -0.174. The molecule has 6 nitrogen and oxygen atoms in total. The number of nitrogens with one attached hydrogen (secondary N) is 2. The van der Waals surface area contributed by atoms with Crippen LogP contribution in [0.2, 0.25) is 0 Å². The minimum absolute atomic E-state index is 0.0575. The Morgan fingerprint density at radius 3 is 2.57 bits per heavy atom. The lowest BCUT2D eigenvalue weighted by molar-refractivity contribution is 0.200. The number of nitrogens with zero attached hydrogens (tertiary/aromatic N) is 2. The van der Waals surface area contributed by atoms with E-state index in [9.17, 15) is 4.79 Å². The van der Waals surface area contributed by atoms with E-state index < -0.39 is 0 Å². The van der Waals surface area contributed by atoms with Crippen LogP contribution in [0, 0.1) is 6.92 Å². The summed E-state index contributed by atoms with van der Waals surface area (Å²) in [7, 11) is 0. The van der Waals surface area contributed by atoms with Gasteiger partial charge in [-0.3, -0.25) is 0 Å². The number of hydrogen-bond donors (Lipinski definition) is 2. The highest BCUT2D eigenvalue weighted by Gasteiger charge is 2.33. The number of anilines is 1. The van der Waals surface area contributed by atoms with E-state index in [2.05, 4.69) is 27.5 Å². The van der Waals surface area contributed by atoms with Gasteiger partial charge in [-0.25, -0.2) is 9.78 Å². The molecule has 2 aromatic rings. The first-order chi connectivity index (χ1) is 11.0. The van der Waals surface area contributed by atoms with E-state index in [4.69, 9.17) is 4.74 Å². The van der Waals surface area contributed by atoms with E-state index in [1.54, 1.807) is 43.5 Å². The van der Waals surface area contributed by atoms with Crippen LogP contribution in [0.25, 0.3) is 0 Å². The molecular formula is C17H20N4O2.